The van der Waals surface area contributed by atoms with Crippen molar-refractivity contribution < 1.29 is 39.1 Å². The number of hydrogen-bond donors (Lipinski definition) is 0. The van der Waals surface area contributed by atoms with Gasteiger partial charge in [-0.3, -0.25) is 0 Å². The van der Waals surface area contributed by atoms with E-state index in [2.05, 4.69) is 153 Å². The van der Waals surface area contributed by atoms with Gasteiger partial charge in [-0.1, -0.05) is 0 Å². The summed E-state index contributed by atoms with van der Waals surface area (Å²) in [6.45, 7) is 28.0. The van der Waals surface area contributed by atoms with Crippen LogP contribution in [0.2, 0.25) is 0 Å². The predicted molar refractivity (Wildman–Crippen MR) is 139 cm³/mol. The number of benzene rings is 3. The monoisotopic (exact) mass is 557 g/mol. The fourth-order valence-corrected chi connectivity index (χ4v) is 4.60. The van der Waals surface area contributed by atoms with E-state index in [1.54, 1.807) is 0 Å². The van der Waals surface area contributed by atoms with Crippen molar-refractivity contribution >= 4 is 10.1 Å². The van der Waals surface area contributed by atoms with E-state index in [9.17, 15) is 0 Å². The zero-order chi connectivity index (χ0) is 30.2. The molecule has 0 N–H and O–H groups in total. The van der Waals surface area contributed by atoms with Crippen molar-refractivity contribution in [2.24, 2.45) is 0 Å². The van der Waals surface area contributed by atoms with Crippen LogP contribution in [0, 0.1) is 40.2 Å². The molecule has 0 radical (unpaired) electrons. The standard InChI is InChI=1S/C27H27N.5CO.Cr/c1-3-4-19-28-26(23-13-9-6-10-14-23)25(20-22-11-7-5-8-12-22)27(28)24-17-15-21(2)16-18-24;5*1-2;/h5-18,27H,3-4,19H2,1-2H3;;;;;;. The van der Waals surface area contributed by atoms with Gasteiger partial charge in [-0.25, -0.2) is 0 Å². The Kier molecular flexibility index (Phi) is 22.5. The summed E-state index contributed by atoms with van der Waals surface area (Å²) in [5.74, 6) is 0. The minimum atomic E-state index is 0.286. The molecule has 196 valence electrons. The second-order valence-corrected chi connectivity index (χ2v) is 8.32. The van der Waals surface area contributed by atoms with Crippen LogP contribution in [0.4, 0.5) is 0 Å². The van der Waals surface area contributed by atoms with Crippen LogP contribution in [0.1, 0.15) is 48.1 Å². The third kappa shape index (κ3) is 10.5. The molecular formula is C32H27CrNO5. The minimum absolute atomic E-state index is 0.286. The summed E-state index contributed by atoms with van der Waals surface area (Å²) in [7, 11) is 0. The molecule has 0 saturated carbocycles. The van der Waals surface area contributed by atoms with Gasteiger partial charge in [-0.2, -0.15) is 0 Å². The first-order chi connectivity index (χ1) is 19.2. The molecule has 0 spiro atoms. The summed E-state index contributed by atoms with van der Waals surface area (Å²) in [6, 6.07) is 30.9. The maximum atomic E-state index is 7.50. The summed E-state index contributed by atoms with van der Waals surface area (Å²) in [6.07, 6.45) is 2.39. The van der Waals surface area contributed by atoms with Crippen molar-refractivity contribution in [3.63, 3.8) is 0 Å². The summed E-state index contributed by atoms with van der Waals surface area (Å²) >= 11 is 3.41. The molecule has 1 heterocycles. The van der Waals surface area contributed by atoms with Gasteiger partial charge in [0.2, 0.25) is 0 Å². The van der Waals surface area contributed by atoms with Crippen LogP contribution in [0.3, 0.4) is 0 Å². The number of nitrogens with zero attached hydrogens (tertiary/aromatic N) is 1. The third-order valence-electron chi connectivity index (χ3n) is 5.60. The predicted octanol–water partition coefficient (Wildman–Crippen LogP) is 6.14. The van der Waals surface area contributed by atoms with Crippen LogP contribution < -0.4 is 0 Å². The van der Waals surface area contributed by atoms with Gasteiger partial charge in [-0.05, 0) is 0 Å². The second-order valence-electron chi connectivity index (χ2n) is 7.68. The normalized spacial score (nSPS) is 12.1. The van der Waals surface area contributed by atoms with E-state index in [4.69, 9.17) is 23.3 Å². The molecule has 1 atom stereocenters. The topological polar surface area (TPSA) is 103 Å². The number of rotatable bonds is 7. The molecule has 0 fully saturated rings. The molecule has 39 heavy (non-hydrogen) atoms. The Morgan fingerprint density at radius 3 is 1.64 bits per heavy atom. The van der Waals surface area contributed by atoms with Crippen molar-refractivity contribution in [2.45, 2.75) is 32.7 Å². The average molecular weight is 558 g/mol. The van der Waals surface area contributed by atoms with Crippen molar-refractivity contribution in [1.29, 1.82) is 0 Å². The molecule has 0 amide bonds. The third-order valence-corrected chi connectivity index (χ3v) is 6.31. The van der Waals surface area contributed by atoms with Gasteiger partial charge in [0.1, 0.15) is 0 Å². The van der Waals surface area contributed by atoms with E-state index in [1.807, 2.05) is 0 Å². The van der Waals surface area contributed by atoms with Crippen molar-refractivity contribution in [2.75, 3.05) is 6.54 Å². The molecular weight excluding hydrogens is 530 g/mol. The quantitative estimate of drug-likeness (QED) is 0.253. The van der Waals surface area contributed by atoms with Crippen LogP contribution in [0.5, 0.6) is 0 Å². The molecule has 1 unspecified atom stereocenters. The Morgan fingerprint density at radius 2 is 1.18 bits per heavy atom. The van der Waals surface area contributed by atoms with Crippen molar-refractivity contribution in [3.05, 3.63) is 146 Å². The van der Waals surface area contributed by atoms with Gasteiger partial charge in [0.15, 0.2) is 0 Å². The Morgan fingerprint density at radius 1 is 0.718 bits per heavy atom. The van der Waals surface area contributed by atoms with E-state index in [1.165, 1.54) is 50.7 Å². The SMILES string of the molecule is CCCCN1C(c2ccccc2)=C([C](=[Cr])c2ccccc2)C1c1ccc(C)cc1.[C-]#[O+].[C-]#[O+].[C-]#[O+].[C-]#[O+].[C-]#[O+]. The zero-order valence-corrected chi connectivity index (χ0v) is 23.0. The van der Waals surface area contributed by atoms with E-state index in [-0.39, 0.29) is 6.04 Å². The fourth-order valence-electron chi connectivity index (χ4n) is 4.06. The Balaban J connectivity index is 0. The molecule has 3 aromatic rings. The van der Waals surface area contributed by atoms with E-state index >= 15 is 0 Å². The second kappa shape index (κ2) is 23.4. The molecule has 4 rings (SSSR count). The molecule has 0 aliphatic carbocycles. The Labute approximate surface area is 238 Å². The van der Waals surface area contributed by atoms with Crippen LogP contribution in [-0.4, -0.2) is 15.8 Å². The molecule has 1 aliphatic heterocycles. The van der Waals surface area contributed by atoms with Gasteiger partial charge >= 0.3 is 239 Å². The number of aryl methyl sites for hydroxylation is 1. The zero-order valence-electron chi connectivity index (χ0n) is 21.7. The fraction of sp³-hybridized carbons (Fsp3) is 0.188. The van der Waals surface area contributed by atoms with Crippen LogP contribution in [-0.2, 0) is 39.1 Å². The summed E-state index contributed by atoms with van der Waals surface area (Å²) in [5.41, 5.74) is 7.99. The van der Waals surface area contributed by atoms with E-state index in [0.717, 1.165) is 6.54 Å². The van der Waals surface area contributed by atoms with Crippen LogP contribution in [0.25, 0.3) is 5.70 Å². The van der Waals surface area contributed by atoms with Crippen molar-refractivity contribution in [1.82, 2.24) is 4.90 Å². The van der Waals surface area contributed by atoms with Crippen LogP contribution in [0.15, 0.2) is 90.5 Å². The number of hydrogen-bond acceptors (Lipinski definition) is 1. The van der Waals surface area contributed by atoms with Gasteiger partial charge in [0, 0.05) is 0 Å². The molecule has 3 aromatic carbocycles. The van der Waals surface area contributed by atoms with E-state index in [0.29, 0.717) is 0 Å². The van der Waals surface area contributed by atoms with Gasteiger partial charge in [-0.15, -0.1) is 0 Å². The molecule has 1 aliphatic rings. The van der Waals surface area contributed by atoms with Crippen LogP contribution >= 0.6 is 0 Å². The first-order valence-corrected chi connectivity index (χ1v) is 12.1. The first kappa shape index (κ1) is 37.5. The average Bonchev–Trinajstić information content (AvgIpc) is 3.03. The van der Waals surface area contributed by atoms with Crippen molar-refractivity contribution in [3.8, 4) is 0 Å². The summed E-state index contributed by atoms with van der Waals surface area (Å²) < 4.78 is 38.8. The Bertz CT molecular complexity index is 1210. The van der Waals surface area contributed by atoms with E-state index < -0.39 is 0 Å². The molecule has 0 saturated heterocycles. The van der Waals surface area contributed by atoms with Gasteiger partial charge in [0.05, 0.1) is 0 Å². The summed E-state index contributed by atoms with van der Waals surface area (Å²) in [5, 5.41) is 0. The molecule has 6 nitrogen and oxygen atoms in total. The van der Waals surface area contributed by atoms with Gasteiger partial charge in [0.25, 0.3) is 0 Å². The first-order valence-electron chi connectivity index (χ1n) is 11.4. The number of unbranched alkanes of at least 4 members (excludes halogenated alkanes) is 1. The Hall–Kier alpha value is -3.70. The molecule has 7 heteroatoms. The maximum absolute atomic E-state index is 7.50. The molecule has 0 bridgehead atoms. The molecule has 0 aromatic heterocycles. The summed E-state index contributed by atoms with van der Waals surface area (Å²) in [4.78, 5) is 2.60. The van der Waals surface area contributed by atoms with Gasteiger partial charge < -0.3 is 0 Å².